The molecular weight excluding hydrogens is 234 g/mol. The molecule has 1 aromatic heterocycles. The number of hydrogen-bond donors (Lipinski definition) is 1. The molecule has 1 aromatic carbocycles. The first-order chi connectivity index (χ1) is 8.31. The first-order valence-corrected chi connectivity index (χ1v) is 6.05. The molecule has 0 atom stereocenters. The second-order valence-corrected chi connectivity index (χ2v) is 4.57. The van der Waals surface area contributed by atoms with Crippen LogP contribution in [-0.4, -0.2) is 16.0 Å². The summed E-state index contributed by atoms with van der Waals surface area (Å²) in [4.78, 5) is 8.72. The molecule has 1 aliphatic rings. The lowest BCUT2D eigenvalue weighted by atomic mass is 10.2. The third kappa shape index (κ3) is 2.56. The van der Waals surface area contributed by atoms with Crippen LogP contribution in [-0.2, 0) is 0 Å². The summed E-state index contributed by atoms with van der Waals surface area (Å²) in [5.74, 6) is 1.48. The van der Waals surface area contributed by atoms with Gasteiger partial charge in [-0.25, -0.2) is 9.97 Å². The zero-order valence-electron chi connectivity index (χ0n) is 9.23. The topological polar surface area (TPSA) is 37.8 Å². The van der Waals surface area contributed by atoms with Gasteiger partial charge in [-0.05, 0) is 12.8 Å². The van der Waals surface area contributed by atoms with Crippen molar-refractivity contribution < 1.29 is 0 Å². The maximum atomic E-state index is 6.01. The summed E-state index contributed by atoms with van der Waals surface area (Å²) in [7, 11) is 0. The van der Waals surface area contributed by atoms with Crippen LogP contribution in [0.5, 0.6) is 0 Å². The van der Waals surface area contributed by atoms with E-state index in [0.717, 1.165) is 11.4 Å². The van der Waals surface area contributed by atoms with E-state index >= 15 is 0 Å². The molecule has 1 saturated carbocycles. The number of benzene rings is 1. The third-order valence-corrected chi connectivity index (χ3v) is 2.85. The Morgan fingerprint density at radius 2 is 1.88 bits per heavy atom. The molecule has 1 heterocycles. The highest BCUT2D eigenvalue weighted by atomic mass is 35.5. The van der Waals surface area contributed by atoms with Gasteiger partial charge in [-0.2, -0.15) is 0 Å². The van der Waals surface area contributed by atoms with Crippen LogP contribution in [0.25, 0.3) is 11.4 Å². The highest BCUT2D eigenvalue weighted by Gasteiger charge is 2.21. The van der Waals surface area contributed by atoms with Crippen molar-refractivity contribution in [1.29, 1.82) is 0 Å². The minimum Gasteiger partial charge on any atom is -0.367 e. The van der Waals surface area contributed by atoms with Crippen molar-refractivity contribution >= 4 is 17.4 Å². The number of nitrogens with one attached hydrogen (secondary N) is 1. The van der Waals surface area contributed by atoms with E-state index in [0.29, 0.717) is 17.0 Å². The number of halogens is 1. The first kappa shape index (κ1) is 10.5. The highest BCUT2D eigenvalue weighted by Crippen LogP contribution is 2.26. The van der Waals surface area contributed by atoms with Crippen LogP contribution in [0, 0.1) is 0 Å². The molecule has 0 aliphatic heterocycles. The maximum absolute atomic E-state index is 6.01. The Kier molecular flexibility index (Phi) is 2.69. The minimum atomic E-state index is 0.474. The summed E-state index contributed by atoms with van der Waals surface area (Å²) in [5.41, 5.74) is 0.980. The average molecular weight is 246 g/mol. The Balaban J connectivity index is 1.95. The lowest BCUT2D eigenvalue weighted by Gasteiger charge is -2.06. The molecule has 86 valence electrons. The molecule has 1 aliphatic carbocycles. The molecular formula is C13H12ClN3. The normalized spacial score (nSPS) is 14.6. The van der Waals surface area contributed by atoms with Crippen molar-refractivity contribution in [2.45, 2.75) is 18.9 Å². The molecule has 0 unspecified atom stereocenters. The van der Waals surface area contributed by atoms with Crippen LogP contribution in [0.3, 0.4) is 0 Å². The molecule has 3 nitrogen and oxygen atoms in total. The van der Waals surface area contributed by atoms with Crippen molar-refractivity contribution in [1.82, 2.24) is 9.97 Å². The number of nitrogens with zero attached hydrogens (tertiary/aromatic N) is 2. The van der Waals surface area contributed by atoms with E-state index in [2.05, 4.69) is 15.3 Å². The van der Waals surface area contributed by atoms with Crippen LogP contribution < -0.4 is 5.32 Å². The van der Waals surface area contributed by atoms with Crippen LogP contribution in [0.15, 0.2) is 36.4 Å². The smallest absolute Gasteiger partial charge is 0.163 e. The van der Waals surface area contributed by atoms with Crippen molar-refractivity contribution in [3.63, 3.8) is 0 Å². The fourth-order valence-electron chi connectivity index (χ4n) is 1.64. The summed E-state index contributed by atoms with van der Waals surface area (Å²) < 4.78 is 0. The molecule has 0 bridgehead atoms. The fraction of sp³-hybridized carbons (Fsp3) is 0.231. The van der Waals surface area contributed by atoms with E-state index in [1.807, 2.05) is 30.3 Å². The van der Waals surface area contributed by atoms with Gasteiger partial charge in [0.25, 0.3) is 0 Å². The average Bonchev–Trinajstić information content (AvgIpc) is 3.13. The predicted molar refractivity (Wildman–Crippen MR) is 69.1 cm³/mol. The number of rotatable bonds is 3. The zero-order chi connectivity index (χ0) is 11.7. The van der Waals surface area contributed by atoms with Gasteiger partial charge in [0.15, 0.2) is 5.82 Å². The summed E-state index contributed by atoms with van der Waals surface area (Å²) in [6.45, 7) is 0. The van der Waals surface area contributed by atoms with Gasteiger partial charge < -0.3 is 5.32 Å². The Morgan fingerprint density at radius 1 is 1.12 bits per heavy atom. The second-order valence-electron chi connectivity index (χ2n) is 4.18. The Hall–Kier alpha value is -1.61. The maximum Gasteiger partial charge on any atom is 0.163 e. The minimum absolute atomic E-state index is 0.474. The van der Waals surface area contributed by atoms with Gasteiger partial charge in [0.05, 0.1) is 0 Å². The Bertz CT molecular complexity index is 523. The van der Waals surface area contributed by atoms with E-state index in [4.69, 9.17) is 11.6 Å². The standard InChI is InChI=1S/C13H12ClN3/c14-11-8-12(15-10-6-7-10)17-13(16-11)9-4-2-1-3-5-9/h1-5,8,10H,6-7H2,(H,15,16,17). The van der Waals surface area contributed by atoms with Crippen molar-refractivity contribution in [3.8, 4) is 11.4 Å². The number of hydrogen-bond acceptors (Lipinski definition) is 3. The van der Waals surface area contributed by atoms with Gasteiger partial charge in [-0.3, -0.25) is 0 Å². The lowest BCUT2D eigenvalue weighted by Crippen LogP contribution is -2.04. The van der Waals surface area contributed by atoms with E-state index in [1.165, 1.54) is 12.8 Å². The second kappa shape index (κ2) is 4.34. The predicted octanol–water partition coefficient (Wildman–Crippen LogP) is 3.37. The third-order valence-electron chi connectivity index (χ3n) is 2.66. The molecule has 1 N–H and O–H groups in total. The van der Waals surface area contributed by atoms with Gasteiger partial charge in [-0.15, -0.1) is 0 Å². The van der Waals surface area contributed by atoms with Crippen molar-refractivity contribution in [3.05, 3.63) is 41.6 Å². The zero-order valence-corrected chi connectivity index (χ0v) is 9.98. The summed E-state index contributed by atoms with van der Waals surface area (Å²) in [6, 6.07) is 12.2. The molecule has 3 rings (SSSR count). The van der Waals surface area contributed by atoms with Crippen LogP contribution in [0.4, 0.5) is 5.82 Å². The molecule has 4 heteroatoms. The molecule has 0 spiro atoms. The van der Waals surface area contributed by atoms with Crippen LogP contribution >= 0.6 is 11.6 Å². The molecule has 0 amide bonds. The van der Waals surface area contributed by atoms with Gasteiger partial charge in [0, 0.05) is 17.7 Å². The van der Waals surface area contributed by atoms with Gasteiger partial charge in [-0.1, -0.05) is 41.9 Å². The Morgan fingerprint density at radius 3 is 2.59 bits per heavy atom. The quantitative estimate of drug-likeness (QED) is 0.843. The molecule has 0 radical (unpaired) electrons. The van der Waals surface area contributed by atoms with Crippen LogP contribution in [0.1, 0.15) is 12.8 Å². The molecule has 0 saturated heterocycles. The van der Waals surface area contributed by atoms with Gasteiger partial charge in [0.2, 0.25) is 0 Å². The summed E-state index contributed by atoms with van der Waals surface area (Å²) >= 11 is 6.01. The molecule has 17 heavy (non-hydrogen) atoms. The van der Waals surface area contributed by atoms with E-state index in [1.54, 1.807) is 6.07 Å². The molecule has 1 fully saturated rings. The fourth-order valence-corrected chi connectivity index (χ4v) is 1.83. The highest BCUT2D eigenvalue weighted by molar-refractivity contribution is 6.29. The summed E-state index contributed by atoms with van der Waals surface area (Å²) in [5, 5.41) is 3.81. The number of anilines is 1. The molecule has 2 aromatic rings. The monoisotopic (exact) mass is 245 g/mol. The van der Waals surface area contributed by atoms with Gasteiger partial charge >= 0.3 is 0 Å². The SMILES string of the molecule is Clc1cc(NC2CC2)nc(-c2ccccc2)n1. The van der Waals surface area contributed by atoms with E-state index in [9.17, 15) is 0 Å². The lowest BCUT2D eigenvalue weighted by molar-refractivity contribution is 1.09. The first-order valence-electron chi connectivity index (χ1n) is 5.68. The summed E-state index contributed by atoms with van der Waals surface area (Å²) in [6.07, 6.45) is 2.42. The van der Waals surface area contributed by atoms with Crippen LogP contribution in [0.2, 0.25) is 5.15 Å². The van der Waals surface area contributed by atoms with Crippen molar-refractivity contribution in [2.75, 3.05) is 5.32 Å². The van der Waals surface area contributed by atoms with E-state index < -0.39 is 0 Å². The largest absolute Gasteiger partial charge is 0.367 e. The Labute approximate surface area is 105 Å². The number of aromatic nitrogens is 2. The van der Waals surface area contributed by atoms with E-state index in [-0.39, 0.29) is 0 Å². The van der Waals surface area contributed by atoms with Gasteiger partial charge in [0.1, 0.15) is 11.0 Å². The van der Waals surface area contributed by atoms with Crippen molar-refractivity contribution in [2.24, 2.45) is 0 Å².